The first-order valence-corrected chi connectivity index (χ1v) is 7.13. The quantitative estimate of drug-likeness (QED) is 0.461. The summed E-state index contributed by atoms with van der Waals surface area (Å²) in [7, 11) is 0. The molecule has 106 valence electrons. The summed E-state index contributed by atoms with van der Waals surface area (Å²) in [5.41, 5.74) is 7.64. The van der Waals surface area contributed by atoms with Crippen LogP contribution in [0.5, 0.6) is 11.5 Å². The van der Waals surface area contributed by atoms with Crippen molar-refractivity contribution < 1.29 is 4.74 Å². The van der Waals surface area contributed by atoms with Crippen LogP contribution in [-0.2, 0) is 0 Å². The molecule has 2 rings (SSSR count). The van der Waals surface area contributed by atoms with Gasteiger partial charge in [0.2, 0.25) is 0 Å². The number of thioether (sulfide) groups is 1. The molecule has 0 aliphatic heterocycles. The van der Waals surface area contributed by atoms with Gasteiger partial charge in [-0.3, -0.25) is 0 Å². The molecular formula is C15H17IN2OS. The van der Waals surface area contributed by atoms with Gasteiger partial charge in [0.25, 0.3) is 0 Å². The van der Waals surface area contributed by atoms with Gasteiger partial charge in [-0.1, -0.05) is 36.0 Å². The highest BCUT2D eigenvalue weighted by atomic mass is 127. The van der Waals surface area contributed by atoms with Crippen LogP contribution in [0.4, 0.5) is 5.69 Å². The van der Waals surface area contributed by atoms with Gasteiger partial charge in [0.1, 0.15) is 11.4 Å². The molecule has 0 bridgehead atoms. The first-order chi connectivity index (χ1) is 9.19. The molecule has 5 heteroatoms. The summed E-state index contributed by atoms with van der Waals surface area (Å²) < 4.78 is 5.84. The Kier molecular flexibility index (Phi) is 6.87. The van der Waals surface area contributed by atoms with Gasteiger partial charge in [-0.05, 0) is 43.0 Å². The average Bonchev–Trinajstić information content (AvgIpc) is 2.43. The number of hydrogen-bond acceptors (Lipinski definition) is 3. The normalized spacial score (nSPS) is 10.8. The summed E-state index contributed by atoms with van der Waals surface area (Å²) >= 11 is 1.41. The number of nitrogens with zero attached hydrogens (tertiary/aromatic N) is 1. The molecule has 0 aliphatic rings. The summed E-state index contributed by atoms with van der Waals surface area (Å²) in [5.74, 6) is 1.49. The number of hydrogen-bond donors (Lipinski definition) is 1. The maximum atomic E-state index is 5.84. The van der Waals surface area contributed by atoms with E-state index in [2.05, 4.69) is 4.99 Å². The van der Waals surface area contributed by atoms with E-state index in [0.29, 0.717) is 10.9 Å². The zero-order valence-electron chi connectivity index (χ0n) is 11.4. The molecule has 2 aromatic carbocycles. The largest absolute Gasteiger partial charge is 0.455 e. The van der Waals surface area contributed by atoms with Crippen LogP contribution < -0.4 is 10.5 Å². The number of nitrogens with two attached hydrogens (primary N) is 1. The van der Waals surface area contributed by atoms with Crippen LogP contribution in [0.25, 0.3) is 0 Å². The number of ether oxygens (including phenoxy) is 1. The van der Waals surface area contributed by atoms with Gasteiger partial charge in [0, 0.05) is 0 Å². The lowest BCUT2D eigenvalue weighted by Gasteiger charge is -2.09. The molecule has 3 nitrogen and oxygen atoms in total. The second-order valence-electron chi connectivity index (χ2n) is 4.04. The maximum Gasteiger partial charge on any atom is 0.159 e. The maximum absolute atomic E-state index is 5.84. The summed E-state index contributed by atoms with van der Waals surface area (Å²) in [6.45, 7) is 2.01. The predicted octanol–water partition coefficient (Wildman–Crippen LogP) is 4.71. The monoisotopic (exact) mass is 400 g/mol. The molecule has 0 saturated heterocycles. The number of amidine groups is 1. The molecule has 0 unspecified atom stereocenters. The van der Waals surface area contributed by atoms with Gasteiger partial charge in [-0.15, -0.1) is 24.0 Å². The van der Waals surface area contributed by atoms with Crippen molar-refractivity contribution in [3.05, 3.63) is 54.1 Å². The second kappa shape index (κ2) is 8.16. The molecule has 0 radical (unpaired) electrons. The summed E-state index contributed by atoms with van der Waals surface area (Å²) in [4.78, 5) is 4.37. The molecule has 20 heavy (non-hydrogen) atoms. The van der Waals surface area contributed by atoms with Gasteiger partial charge in [-0.2, -0.15) is 0 Å². The molecule has 0 saturated carbocycles. The van der Waals surface area contributed by atoms with E-state index in [-0.39, 0.29) is 24.0 Å². The van der Waals surface area contributed by atoms with Crippen molar-refractivity contribution in [2.75, 3.05) is 6.26 Å². The minimum absolute atomic E-state index is 0. The minimum atomic E-state index is 0. The third-order valence-corrected chi connectivity index (χ3v) is 3.03. The lowest BCUT2D eigenvalue weighted by Crippen LogP contribution is -2.04. The molecule has 0 amide bonds. The number of para-hydroxylation sites is 1. The van der Waals surface area contributed by atoms with Crippen molar-refractivity contribution in [1.82, 2.24) is 0 Å². The van der Waals surface area contributed by atoms with E-state index in [1.807, 2.05) is 61.7 Å². The molecule has 0 atom stereocenters. The van der Waals surface area contributed by atoms with Crippen molar-refractivity contribution in [2.45, 2.75) is 6.92 Å². The Labute approximate surface area is 140 Å². The van der Waals surface area contributed by atoms with Crippen LogP contribution in [0.3, 0.4) is 0 Å². The molecule has 0 aromatic heterocycles. The number of halogens is 1. The third kappa shape index (κ3) is 4.72. The Balaban J connectivity index is 0.00000200. The van der Waals surface area contributed by atoms with Crippen LogP contribution in [0, 0.1) is 6.92 Å². The van der Waals surface area contributed by atoms with Crippen molar-refractivity contribution in [3.8, 4) is 11.5 Å². The number of aryl methyl sites for hydroxylation is 1. The Morgan fingerprint density at radius 3 is 2.50 bits per heavy atom. The summed E-state index contributed by atoms with van der Waals surface area (Å²) in [6, 6.07) is 15.5. The van der Waals surface area contributed by atoms with Crippen LogP contribution in [-0.4, -0.2) is 11.4 Å². The molecule has 0 spiro atoms. The van der Waals surface area contributed by atoms with E-state index in [0.717, 1.165) is 17.0 Å². The molecular weight excluding hydrogens is 383 g/mol. The fraction of sp³-hybridized carbons (Fsp3) is 0.133. The average molecular weight is 400 g/mol. The van der Waals surface area contributed by atoms with E-state index in [4.69, 9.17) is 10.5 Å². The first kappa shape index (κ1) is 16.8. The van der Waals surface area contributed by atoms with E-state index in [9.17, 15) is 0 Å². The Bertz CT molecular complexity index is 588. The second-order valence-corrected chi connectivity index (χ2v) is 4.87. The number of rotatable bonds is 3. The molecule has 2 aromatic rings. The lowest BCUT2D eigenvalue weighted by molar-refractivity contribution is 0.484. The standard InChI is InChI=1S/C15H16N2OS.HI/c1-11-8-9-14(13(10-11)17-15(16)19-2)18-12-6-4-3-5-7-12;/h3-10H,1-2H3,(H2,16,17);1H. The number of aliphatic imine (C=N–C) groups is 1. The fourth-order valence-electron chi connectivity index (χ4n) is 1.58. The Hall–Kier alpha value is -1.21. The topological polar surface area (TPSA) is 47.6 Å². The fourth-order valence-corrected chi connectivity index (χ4v) is 1.77. The summed E-state index contributed by atoms with van der Waals surface area (Å²) in [5, 5.41) is 0.517. The van der Waals surface area contributed by atoms with Gasteiger partial charge < -0.3 is 10.5 Å². The number of benzene rings is 2. The molecule has 0 heterocycles. The highest BCUT2D eigenvalue weighted by Gasteiger charge is 2.05. The highest BCUT2D eigenvalue weighted by Crippen LogP contribution is 2.32. The summed E-state index contributed by atoms with van der Waals surface area (Å²) in [6.07, 6.45) is 1.90. The minimum Gasteiger partial charge on any atom is -0.455 e. The van der Waals surface area contributed by atoms with Crippen molar-refractivity contribution in [1.29, 1.82) is 0 Å². The SMILES string of the molecule is CSC(N)=Nc1cc(C)ccc1Oc1ccccc1.I. The highest BCUT2D eigenvalue weighted by molar-refractivity contribution is 14.0. The van der Waals surface area contributed by atoms with Crippen LogP contribution in [0.1, 0.15) is 5.56 Å². The lowest BCUT2D eigenvalue weighted by atomic mass is 10.2. The predicted molar refractivity (Wildman–Crippen MR) is 97.9 cm³/mol. The molecule has 0 aliphatic carbocycles. The van der Waals surface area contributed by atoms with Crippen LogP contribution >= 0.6 is 35.7 Å². The van der Waals surface area contributed by atoms with E-state index in [1.165, 1.54) is 11.8 Å². The van der Waals surface area contributed by atoms with E-state index in [1.54, 1.807) is 0 Å². The smallest absolute Gasteiger partial charge is 0.159 e. The van der Waals surface area contributed by atoms with Crippen molar-refractivity contribution in [2.24, 2.45) is 10.7 Å². The van der Waals surface area contributed by atoms with Gasteiger partial charge in [0.05, 0.1) is 0 Å². The van der Waals surface area contributed by atoms with Crippen LogP contribution in [0.2, 0.25) is 0 Å². The molecule has 0 fully saturated rings. The third-order valence-electron chi connectivity index (χ3n) is 2.53. The van der Waals surface area contributed by atoms with E-state index < -0.39 is 0 Å². The van der Waals surface area contributed by atoms with Gasteiger partial charge >= 0.3 is 0 Å². The zero-order chi connectivity index (χ0) is 13.7. The van der Waals surface area contributed by atoms with E-state index >= 15 is 0 Å². The van der Waals surface area contributed by atoms with Gasteiger partial charge in [-0.25, -0.2) is 4.99 Å². The zero-order valence-corrected chi connectivity index (χ0v) is 14.5. The first-order valence-electron chi connectivity index (χ1n) is 5.91. The Morgan fingerprint density at radius 1 is 1.15 bits per heavy atom. The van der Waals surface area contributed by atoms with Gasteiger partial charge in [0.15, 0.2) is 10.9 Å². The van der Waals surface area contributed by atoms with Crippen molar-refractivity contribution in [3.63, 3.8) is 0 Å². The Morgan fingerprint density at radius 2 is 1.85 bits per heavy atom. The molecule has 2 N–H and O–H groups in total. The van der Waals surface area contributed by atoms with Crippen molar-refractivity contribution >= 4 is 46.6 Å². The van der Waals surface area contributed by atoms with Crippen LogP contribution in [0.15, 0.2) is 53.5 Å².